The quantitative estimate of drug-likeness (QED) is 0.821. The monoisotopic (exact) mass is 363 g/mol. The highest BCUT2D eigenvalue weighted by molar-refractivity contribution is 7.12. The number of halogens is 1. The molecule has 0 spiro atoms. The van der Waals surface area contributed by atoms with Crippen LogP contribution in [0.1, 0.15) is 16.1 Å². The average molecular weight is 364 g/mol. The van der Waals surface area contributed by atoms with Crippen LogP contribution in [0.2, 0.25) is 5.02 Å². The van der Waals surface area contributed by atoms with E-state index in [2.05, 4.69) is 10.9 Å². The zero-order valence-corrected chi connectivity index (χ0v) is 14.1. The van der Waals surface area contributed by atoms with Crippen LogP contribution in [-0.2, 0) is 9.59 Å². The highest BCUT2D eigenvalue weighted by atomic mass is 35.5. The second-order valence-corrected chi connectivity index (χ2v) is 6.69. The van der Waals surface area contributed by atoms with E-state index >= 15 is 0 Å². The Morgan fingerprint density at radius 1 is 1.17 bits per heavy atom. The third-order valence-electron chi connectivity index (χ3n) is 3.68. The number of nitrogens with one attached hydrogen (secondary N) is 2. The molecular formula is C16H14ClN3O3S. The van der Waals surface area contributed by atoms with Crippen LogP contribution in [-0.4, -0.2) is 24.3 Å². The van der Waals surface area contributed by atoms with Gasteiger partial charge in [-0.25, -0.2) is 0 Å². The Labute approximate surface area is 147 Å². The predicted octanol–water partition coefficient (Wildman–Crippen LogP) is 2.22. The van der Waals surface area contributed by atoms with Crippen LogP contribution in [0.4, 0.5) is 5.69 Å². The highest BCUT2D eigenvalue weighted by Gasteiger charge is 2.35. The lowest BCUT2D eigenvalue weighted by Crippen LogP contribution is -2.44. The van der Waals surface area contributed by atoms with Gasteiger partial charge in [0.2, 0.25) is 11.8 Å². The summed E-state index contributed by atoms with van der Waals surface area (Å²) in [5, 5.41) is 2.35. The molecule has 8 heteroatoms. The van der Waals surface area contributed by atoms with Crippen molar-refractivity contribution in [2.24, 2.45) is 5.92 Å². The van der Waals surface area contributed by atoms with Gasteiger partial charge < -0.3 is 4.90 Å². The first kappa shape index (κ1) is 16.5. The Morgan fingerprint density at radius 3 is 2.58 bits per heavy atom. The molecule has 1 saturated heterocycles. The molecule has 2 N–H and O–H groups in total. The fraction of sp³-hybridized carbons (Fsp3) is 0.188. The molecule has 1 aromatic heterocycles. The van der Waals surface area contributed by atoms with E-state index in [9.17, 15) is 14.4 Å². The SMILES string of the molecule is O=C(NNC(=O)[C@@H]1CC(=O)N(c2ccc(Cl)cc2)C1)c1cccs1. The molecule has 0 aliphatic carbocycles. The lowest BCUT2D eigenvalue weighted by molar-refractivity contribution is -0.126. The molecule has 0 saturated carbocycles. The van der Waals surface area contributed by atoms with E-state index in [1.54, 1.807) is 46.7 Å². The molecule has 24 heavy (non-hydrogen) atoms. The summed E-state index contributed by atoms with van der Waals surface area (Å²) in [5.41, 5.74) is 5.44. The first-order chi connectivity index (χ1) is 11.5. The fourth-order valence-electron chi connectivity index (χ4n) is 2.44. The van der Waals surface area contributed by atoms with Crippen molar-refractivity contribution in [2.45, 2.75) is 6.42 Å². The summed E-state index contributed by atoms with van der Waals surface area (Å²) in [6.07, 6.45) is 0.101. The summed E-state index contributed by atoms with van der Waals surface area (Å²) in [6.45, 7) is 0.265. The Morgan fingerprint density at radius 2 is 1.92 bits per heavy atom. The molecule has 0 unspecified atom stereocenters. The molecule has 0 radical (unpaired) electrons. The molecule has 1 aliphatic heterocycles. The summed E-state index contributed by atoms with van der Waals surface area (Å²) in [4.78, 5) is 38.1. The maximum atomic E-state index is 12.2. The normalized spacial score (nSPS) is 17.0. The van der Waals surface area contributed by atoms with Crippen molar-refractivity contribution in [1.29, 1.82) is 0 Å². The van der Waals surface area contributed by atoms with Gasteiger partial charge in [0, 0.05) is 23.7 Å². The molecule has 1 aromatic carbocycles. The molecule has 2 aromatic rings. The lowest BCUT2D eigenvalue weighted by Gasteiger charge is -2.16. The molecule has 3 rings (SSSR count). The summed E-state index contributed by atoms with van der Waals surface area (Å²) >= 11 is 7.12. The molecular weight excluding hydrogens is 350 g/mol. The van der Waals surface area contributed by atoms with Gasteiger partial charge in [-0.3, -0.25) is 25.2 Å². The number of amides is 3. The van der Waals surface area contributed by atoms with E-state index in [1.165, 1.54) is 11.3 Å². The number of hydrazine groups is 1. The van der Waals surface area contributed by atoms with Crippen LogP contribution in [0, 0.1) is 5.92 Å². The maximum Gasteiger partial charge on any atom is 0.279 e. The van der Waals surface area contributed by atoms with E-state index in [0.717, 1.165) is 0 Å². The highest BCUT2D eigenvalue weighted by Crippen LogP contribution is 2.26. The van der Waals surface area contributed by atoms with E-state index in [1.807, 2.05) is 0 Å². The molecule has 6 nitrogen and oxygen atoms in total. The van der Waals surface area contributed by atoms with Crippen molar-refractivity contribution >= 4 is 46.3 Å². The van der Waals surface area contributed by atoms with Crippen LogP contribution in [0.5, 0.6) is 0 Å². The van der Waals surface area contributed by atoms with Gasteiger partial charge in [-0.1, -0.05) is 17.7 Å². The van der Waals surface area contributed by atoms with Crippen LogP contribution in [0.3, 0.4) is 0 Å². The molecule has 1 aliphatic rings. The summed E-state index contributed by atoms with van der Waals surface area (Å²) in [6, 6.07) is 10.3. The molecule has 2 heterocycles. The zero-order chi connectivity index (χ0) is 17.1. The Kier molecular flexibility index (Phi) is 4.82. The number of rotatable bonds is 3. The summed E-state index contributed by atoms with van der Waals surface area (Å²) in [7, 11) is 0. The summed E-state index contributed by atoms with van der Waals surface area (Å²) < 4.78 is 0. The number of benzene rings is 1. The molecule has 0 bridgehead atoms. The van der Waals surface area contributed by atoms with Crippen molar-refractivity contribution in [2.75, 3.05) is 11.4 Å². The first-order valence-corrected chi connectivity index (χ1v) is 8.50. The van der Waals surface area contributed by atoms with Gasteiger partial charge in [0.15, 0.2) is 0 Å². The number of thiophene rings is 1. The Hall–Kier alpha value is -2.38. The largest absolute Gasteiger partial charge is 0.312 e. The van der Waals surface area contributed by atoms with E-state index in [0.29, 0.717) is 15.6 Å². The van der Waals surface area contributed by atoms with E-state index < -0.39 is 5.92 Å². The predicted molar refractivity (Wildman–Crippen MR) is 91.8 cm³/mol. The van der Waals surface area contributed by atoms with Crippen molar-refractivity contribution in [3.63, 3.8) is 0 Å². The van der Waals surface area contributed by atoms with Crippen LogP contribution in [0.25, 0.3) is 0 Å². The third-order valence-corrected chi connectivity index (χ3v) is 4.80. The van der Waals surface area contributed by atoms with Gasteiger partial charge in [-0.2, -0.15) is 0 Å². The smallest absolute Gasteiger partial charge is 0.279 e. The second kappa shape index (κ2) is 7.02. The third kappa shape index (κ3) is 3.58. The van der Waals surface area contributed by atoms with Crippen LogP contribution >= 0.6 is 22.9 Å². The van der Waals surface area contributed by atoms with Crippen molar-refractivity contribution in [3.8, 4) is 0 Å². The lowest BCUT2D eigenvalue weighted by atomic mass is 10.1. The van der Waals surface area contributed by atoms with E-state index in [4.69, 9.17) is 11.6 Å². The van der Waals surface area contributed by atoms with Crippen LogP contribution in [0.15, 0.2) is 41.8 Å². The Bertz CT molecular complexity index is 761. The van der Waals surface area contributed by atoms with Crippen molar-refractivity contribution in [1.82, 2.24) is 10.9 Å². The van der Waals surface area contributed by atoms with Gasteiger partial charge in [0.05, 0.1) is 10.8 Å². The minimum Gasteiger partial charge on any atom is -0.312 e. The number of hydrogen-bond donors (Lipinski definition) is 2. The van der Waals surface area contributed by atoms with Gasteiger partial charge >= 0.3 is 0 Å². The molecule has 124 valence electrons. The molecule has 1 fully saturated rings. The van der Waals surface area contributed by atoms with Gasteiger partial charge in [0.25, 0.3) is 5.91 Å². The van der Waals surface area contributed by atoms with Crippen molar-refractivity contribution < 1.29 is 14.4 Å². The van der Waals surface area contributed by atoms with E-state index in [-0.39, 0.29) is 30.7 Å². The topological polar surface area (TPSA) is 78.5 Å². The molecule has 3 amide bonds. The van der Waals surface area contributed by atoms with Crippen molar-refractivity contribution in [3.05, 3.63) is 51.7 Å². The standard InChI is InChI=1S/C16H14ClN3O3S/c17-11-3-5-12(6-4-11)20-9-10(8-14(20)21)15(22)18-19-16(23)13-2-1-7-24-13/h1-7,10H,8-9H2,(H,18,22)(H,19,23)/t10-/m1/s1. The minimum atomic E-state index is -0.517. The van der Waals surface area contributed by atoms with Crippen LogP contribution < -0.4 is 15.8 Å². The van der Waals surface area contributed by atoms with Gasteiger partial charge in [-0.15, -0.1) is 11.3 Å². The average Bonchev–Trinajstić information content (AvgIpc) is 3.23. The number of anilines is 1. The number of carbonyl (C=O) groups excluding carboxylic acids is 3. The molecule has 1 atom stereocenters. The Balaban J connectivity index is 1.58. The minimum absolute atomic E-state index is 0.101. The zero-order valence-electron chi connectivity index (χ0n) is 12.5. The first-order valence-electron chi connectivity index (χ1n) is 7.24. The maximum absolute atomic E-state index is 12.2. The van der Waals surface area contributed by atoms with Gasteiger partial charge in [0.1, 0.15) is 0 Å². The van der Waals surface area contributed by atoms with Gasteiger partial charge in [-0.05, 0) is 35.7 Å². The fourth-order valence-corrected chi connectivity index (χ4v) is 3.19. The number of nitrogens with zero attached hydrogens (tertiary/aromatic N) is 1. The second-order valence-electron chi connectivity index (χ2n) is 5.30. The number of carbonyl (C=O) groups is 3. The summed E-state index contributed by atoms with van der Waals surface area (Å²) in [5.74, 6) is -1.42. The number of hydrogen-bond acceptors (Lipinski definition) is 4.